The average molecular weight is 358 g/mol. The van der Waals surface area contributed by atoms with E-state index in [2.05, 4.69) is 34.5 Å². The van der Waals surface area contributed by atoms with Crippen LogP contribution in [0.1, 0.15) is 70.0 Å². The van der Waals surface area contributed by atoms with Crippen LogP contribution in [0.25, 0.3) is 0 Å². The van der Waals surface area contributed by atoms with E-state index >= 15 is 0 Å². The highest BCUT2D eigenvalue weighted by Crippen LogP contribution is 2.41. The van der Waals surface area contributed by atoms with Gasteiger partial charge in [-0.3, -0.25) is 4.79 Å². The highest BCUT2D eigenvalue weighted by Gasteiger charge is 2.39. The van der Waals surface area contributed by atoms with Crippen molar-refractivity contribution in [1.29, 1.82) is 0 Å². The van der Waals surface area contributed by atoms with Gasteiger partial charge in [-0.05, 0) is 64.0 Å². The Bertz CT molecular complexity index is 661. The Labute approximate surface area is 156 Å². The summed E-state index contributed by atoms with van der Waals surface area (Å²) in [5.41, 5.74) is 2.15. The Morgan fingerprint density at radius 3 is 2.62 bits per heavy atom. The largest absolute Gasteiger partial charge is 0.444 e. The molecule has 1 aromatic carbocycles. The average Bonchev–Trinajstić information content (AvgIpc) is 3.38. The lowest BCUT2D eigenvalue weighted by Crippen LogP contribution is -2.40. The van der Waals surface area contributed by atoms with Crippen LogP contribution in [0.15, 0.2) is 24.3 Å². The third-order valence-electron chi connectivity index (χ3n) is 4.91. The van der Waals surface area contributed by atoms with Gasteiger partial charge in [0.2, 0.25) is 5.91 Å². The smallest absolute Gasteiger partial charge is 0.407 e. The number of carbonyl (C=O) groups is 2. The summed E-state index contributed by atoms with van der Waals surface area (Å²) < 4.78 is 5.23. The lowest BCUT2D eigenvalue weighted by molar-refractivity contribution is -0.134. The van der Waals surface area contributed by atoms with Gasteiger partial charge in [0.05, 0.1) is 6.04 Å². The topological polar surface area (TPSA) is 58.6 Å². The van der Waals surface area contributed by atoms with Gasteiger partial charge in [-0.25, -0.2) is 4.79 Å². The van der Waals surface area contributed by atoms with E-state index in [1.54, 1.807) is 0 Å². The number of fused-ring (bicyclic) bond motifs is 1. The minimum absolute atomic E-state index is 0.130. The lowest BCUT2D eigenvalue weighted by atomic mass is 9.86. The van der Waals surface area contributed by atoms with Crippen molar-refractivity contribution in [2.24, 2.45) is 0 Å². The molecule has 2 aliphatic carbocycles. The summed E-state index contributed by atoms with van der Waals surface area (Å²) in [7, 11) is 0. The number of carbonyl (C=O) groups excluding carboxylic acids is 2. The molecular formula is C21H30N2O3. The summed E-state index contributed by atoms with van der Waals surface area (Å²) in [6.45, 7) is 5.79. The second kappa shape index (κ2) is 7.68. The first-order valence-corrected chi connectivity index (χ1v) is 9.71. The zero-order chi connectivity index (χ0) is 18.7. The van der Waals surface area contributed by atoms with Crippen LogP contribution in [0.2, 0.25) is 0 Å². The number of nitrogens with zero attached hydrogens (tertiary/aromatic N) is 1. The van der Waals surface area contributed by atoms with Gasteiger partial charge < -0.3 is 15.0 Å². The van der Waals surface area contributed by atoms with Gasteiger partial charge in [-0.1, -0.05) is 24.3 Å². The number of alkyl carbamates (subject to hydrolysis) is 1. The number of hydrogen-bond donors (Lipinski definition) is 1. The molecule has 1 aromatic rings. The first kappa shape index (κ1) is 18.7. The quantitative estimate of drug-likeness (QED) is 0.866. The Balaban J connectivity index is 1.61. The maximum Gasteiger partial charge on any atom is 0.407 e. The zero-order valence-electron chi connectivity index (χ0n) is 16.1. The molecule has 0 saturated heterocycles. The fourth-order valence-electron chi connectivity index (χ4n) is 3.72. The zero-order valence-corrected chi connectivity index (χ0v) is 16.1. The Morgan fingerprint density at radius 1 is 1.19 bits per heavy atom. The molecule has 26 heavy (non-hydrogen) atoms. The maximum atomic E-state index is 12.9. The molecular weight excluding hydrogens is 328 g/mol. The summed E-state index contributed by atoms with van der Waals surface area (Å²) in [6.07, 6.45) is 5.26. The molecule has 0 aliphatic heterocycles. The normalized spacial score (nSPS) is 19.4. The van der Waals surface area contributed by atoms with Gasteiger partial charge >= 0.3 is 6.09 Å². The summed E-state index contributed by atoms with van der Waals surface area (Å²) in [5.74, 6) is 0.130. The maximum absolute atomic E-state index is 12.9. The molecule has 2 aliphatic rings. The summed E-state index contributed by atoms with van der Waals surface area (Å²) >= 11 is 0. The highest BCUT2D eigenvalue weighted by atomic mass is 16.6. The predicted octanol–water partition coefficient (Wildman–Crippen LogP) is 3.97. The molecule has 1 N–H and O–H groups in total. The molecule has 5 nitrogen and oxygen atoms in total. The molecule has 0 aromatic heterocycles. The number of benzene rings is 1. The number of amides is 2. The standard InChI is InChI=1S/C21H30N2O3/c1-21(2,3)26-20(25)22-14-13-19(24)23(16-11-12-16)18-10-6-8-15-7-4-5-9-17(15)18/h4-5,7,9,16,18H,6,8,10-14H2,1-3H3,(H,22,25). The van der Waals surface area contributed by atoms with Gasteiger partial charge in [0, 0.05) is 19.0 Å². The molecule has 0 bridgehead atoms. The van der Waals surface area contributed by atoms with Crippen molar-refractivity contribution < 1.29 is 14.3 Å². The minimum Gasteiger partial charge on any atom is -0.444 e. The van der Waals surface area contributed by atoms with Crippen LogP contribution in [0.3, 0.4) is 0 Å². The van der Waals surface area contributed by atoms with Crippen molar-refractivity contribution in [1.82, 2.24) is 10.2 Å². The van der Waals surface area contributed by atoms with Gasteiger partial charge in [0.25, 0.3) is 0 Å². The van der Waals surface area contributed by atoms with E-state index in [0.717, 1.165) is 32.1 Å². The lowest BCUT2D eigenvalue weighted by Gasteiger charge is -2.36. The molecule has 2 amide bonds. The number of ether oxygens (including phenoxy) is 1. The highest BCUT2D eigenvalue weighted by molar-refractivity contribution is 5.78. The van der Waals surface area contributed by atoms with Crippen LogP contribution in [0, 0.1) is 0 Å². The molecule has 0 radical (unpaired) electrons. The van der Waals surface area contributed by atoms with E-state index in [0.29, 0.717) is 19.0 Å². The van der Waals surface area contributed by atoms with Crippen molar-refractivity contribution in [2.75, 3.05) is 6.54 Å². The second-order valence-electron chi connectivity index (χ2n) is 8.32. The fraction of sp³-hybridized carbons (Fsp3) is 0.619. The van der Waals surface area contributed by atoms with E-state index in [1.165, 1.54) is 11.1 Å². The van der Waals surface area contributed by atoms with Crippen molar-refractivity contribution in [2.45, 2.75) is 77.0 Å². The SMILES string of the molecule is CC(C)(C)OC(=O)NCCC(=O)N(C1CC1)C1CCCc2ccccc21. The molecule has 3 rings (SSSR count). The van der Waals surface area contributed by atoms with Crippen molar-refractivity contribution >= 4 is 12.0 Å². The van der Waals surface area contributed by atoms with Crippen LogP contribution >= 0.6 is 0 Å². The first-order chi connectivity index (χ1) is 12.3. The predicted molar refractivity (Wildman–Crippen MR) is 101 cm³/mol. The van der Waals surface area contributed by atoms with Gasteiger partial charge in [0.1, 0.15) is 5.60 Å². The van der Waals surface area contributed by atoms with E-state index in [4.69, 9.17) is 4.74 Å². The summed E-state index contributed by atoms with van der Waals surface area (Å²) in [5, 5.41) is 2.70. The molecule has 1 saturated carbocycles. The van der Waals surface area contributed by atoms with E-state index < -0.39 is 11.7 Å². The van der Waals surface area contributed by atoms with Gasteiger partial charge in [0.15, 0.2) is 0 Å². The van der Waals surface area contributed by atoms with Crippen molar-refractivity contribution in [3.8, 4) is 0 Å². The third kappa shape index (κ3) is 4.77. The molecule has 5 heteroatoms. The van der Waals surface area contributed by atoms with E-state index in [9.17, 15) is 9.59 Å². The van der Waals surface area contributed by atoms with Crippen molar-refractivity contribution in [3.05, 3.63) is 35.4 Å². The molecule has 1 unspecified atom stereocenters. The van der Waals surface area contributed by atoms with Gasteiger partial charge in [-0.15, -0.1) is 0 Å². The molecule has 0 heterocycles. The third-order valence-corrected chi connectivity index (χ3v) is 4.91. The fourth-order valence-corrected chi connectivity index (χ4v) is 3.72. The number of hydrogen-bond acceptors (Lipinski definition) is 3. The molecule has 1 atom stereocenters. The Kier molecular flexibility index (Phi) is 5.54. The Morgan fingerprint density at radius 2 is 1.92 bits per heavy atom. The molecule has 1 fully saturated rings. The minimum atomic E-state index is -0.528. The number of nitrogens with one attached hydrogen (secondary N) is 1. The molecule has 0 spiro atoms. The first-order valence-electron chi connectivity index (χ1n) is 9.71. The Hall–Kier alpha value is -2.04. The van der Waals surface area contributed by atoms with E-state index in [1.807, 2.05) is 20.8 Å². The number of aryl methyl sites for hydroxylation is 1. The summed E-state index contributed by atoms with van der Waals surface area (Å²) in [6, 6.07) is 9.04. The van der Waals surface area contributed by atoms with Crippen LogP contribution in [-0.2, 0) is 16.0 Å². The second-order valence-corrected chi connectivity index (χ2v) is 8.32. The summed E-state index contributed by atoms with van der Waals surface area (Å²) in [4.78, 5) is 26.8. The van der Waals surface area contributed by atoms with Crippen LogP contribution in [-0.4, -0.2) is 35.1 Å². The van der Waals surface area contributed by atoms with E-state index in [-0.39, 0.29) is 11.9 Å². The van der Waals surface area contributed by atoms with Gasteiger partial charge in [-0.2, -0.15) is 0 Å². The van der Waals surface area contributed by atoms with Crippen molar-refractivity contribution in [3.63, 3.8) is 0 Å². The van der Waals surface area contributed by atoms with Crippen LogP contribution in [0.5, 0.6) is 0 Å². The van der Waals surface area contributed by atoms with Crippen LogP contribution < -0.4 is 5.32 Å². The molecule has 142 valence electrons. The monoisotopic (exact) mass is 358 g/mol. The number of rotatable bonds is 5. The van der Waals surface area contributed by atoms with Crippen LogP contribution in [0.4, 0.5) is 4.79 Å².